The minimum Gasteiger partial charge on any atom is -0.481 e. The molecule has 0 radical (unpaired) electrons. The summed E-state index contributed by atoms with van der Waals surface area (Å²) in [6, 6.07) is 10.0. The average molecular weight is 330 g/mol. The van der Waals surface area contributed by atoms with Gasteiger partial charge in [-0.3, -0.25) is 4.79 Å². The second kappa shape index (κ2) is 9.88. The van der Waals surface area contributed by atoms with E-state index < -0.39 is 5.97 Å². The number of piperidine rings is 1. The van der Waals surface area contributed by atoms with Gasteiger partial charge in [0.25, 0.3) is 0 Å². The Kier molecular flexibility index (Phi) is 7.49. The van der Waals surface area contributed by atoms with Crippen LogP contribution < -0.4 is 5.32 Å². The fraction of sp³-hybridized carbons (Fsp3) is 0.474. The largest absolute Gasteiger partial charge is 0.481 e. The van der Waals surface area contributed by atoms with Gasteiger partial charge in [-0.05, 0) is 36.9 Å². The second-order valence-electron chi connectivity index (χ2n) is 5.94. The molecular formula is C19H26N2O3. The Morgan fingerprint density at radius 2 is 2.21 bits per heavy atom. The molecule has 1 saturated heterocycles. The summed E-state index contributed by atoms with van der Waals surface area (Å²) < 4.78 is 0. The Labute approximate surface area is 143 Å². The molecule has 2 unspecified atom stereocenters. The van der Waals surface area contributed by atoms with Gasteiger partial charge in [-0.25, -0.2) is 0 Å². The summed E-state index contributed by atoms with van der Waals surface area (Å²) >= 11 is 0. The number of nitrogens with zero attached hydrogens (tertiary/aromatic N) is 1. The SMILES string of the molecule is CCC=C(C=NOCCC1NCCCC1C(=O)O)c1ccccc1. The zero-order valence-electron chi connectivity index (χ0n) is 14.1. The lowest BCUT2D eigenvalue weighted by Crippen LogP contribution is -2.45. The fourth-order valence-corrected chi connectivity index (χ4v) is 2.97. The van der Waals surface area contributed by atoms with Crippen molar-refractivity contribution in [1.29, 1.82) is 0 Å². The van der Waals surface area contributed by atoms with Gasteiger partial charge in [0.2, 0.25) is 0 Å². The predicted molar refractivity (Wildman–Crippen MR) is 95.9 cm³/mol. The summed E-state index contributed by atoms with van der Waals surface area (Å²) in [6.07, 6.45) is 7.03. The molecule has 24 heavy (non-hydrogen) atoms. The number of hydrogen-bond donors (Lipinski definition) is 2. The third kappa shape index (κ3) is 5.49. The standard InChI is InChI=1S/C19H26N2O3/c1-2-7-16(15-8-4-3-5-9-15)14-21-24-13-11-18-17(19(22)23)10-6-12-20-18/h3-5,7-9,14,17-18,20H,2,6,10-13H2,1H3,(H,22,23). The zero-order valence-corrected chi connectivity index (χ0v) is 14.1. The minimum atomic E-state index is -0.729. The normalized spacial score (nSPS) is 21.8. The molecule has 2 N–H and O–H groups in total. The van der Waals surface area contributed by atoms with Crippen molar-refractivity contribution < 1.29 is 14.7 Å². The van der Waals surface area contributed by atoms with Crippen LogP contribution in [0.15, 0.2) is 41.6 Å². The first-order valence-corrected chi connectivity index (χ1v) is 8.59. The highest BCUT2D eigenvalue weighted by atomic mass is 16.6. The Balaban J connectivity index is 1.82. The summed E-state index contributed by atoms with van der Waals surface area (Å²) in [4.78, 5) is 16.6. The molecule has 0 saturated carbocycles. The molecule has 0 bridgehead atoms. The molecule has 0 amide bonds. The third-order valence-corrected chi connectivity index (χ3v) is 4.22. The first-order chi connectivity index (χ1) is 11.7. The van der Waals surface area contributed by atoms with Crippen molar-refractivity contribution in [3.63, 3.8) is 0 Å². The number of benzene rings is 1. The lowest BCUT2D eigenvalue weighted by Gasteiger charge is -2.29. The monoisotopic (exact) mass is 330 g/mol. The van der Waals surface area contributed by atoms with E-state index in [1.807, 2.05) is 30.3 Å². The number of carboxylic acid groups (broad SMARTS) is 1. The number of hydrogen-bond acceptors (Lipinski definition) is 4. The molecule has 1 aromatic carbocycles. The van der Waals surface area contributed by atoms with Gasteiger partial charge < -0.3 is 15.3 Å². The molecule has 1 aliphatic heterocycles. The van der Waals surface area contributed by atoms with Crippen LogP contribution in [0.25, 0.3) is 5.57 Å². The van der Waals surface area contributed by atoms with Crippen LogP contribution in [0.1, 0.15) is 38.2 Å². The van der Waals surface area contributed by atoms with Crippen LogP contribution in [0.4, 0.5) is 0 Å². The Morgan fingerprint density at radius 3 is 2.92 bits per heavy atom. The van der Waals surface area contributed by atoms with Crippen LogP contribution in [-0.2, 0) is 9.63 Å². The Morgan fingerprint density at radius 1 is 1.42 bits per heavy atom. The van der Waals surface area contributed by atoms with Crippen molar-refractivity contribution in [2.24, 2.45) is 11.1 Å². The molecule has 0 aliphatic carbocycles. The van der Waals surface area contributed by atoms with Gasteiger partial charge in [-0.1, -0.05) is 48.5 Å². The van der Waals surface area contributed by atoms with Crippen LogP contribution in [-0.4, -0.2) is 36.5 Å². The molecule has 1 heterocycles. The molecule has 0 spiro atoms. The highest BCUT2D eigenvalue weighted by molar-refractivity contribution is 6.09. The van der Waals surface area contributed by atoms with Gasteiger partial charge in [0.1, 0.15) is 6.61 Å². The number of rotatable bonds is 8. The van der Waals surface area contributed by atoms with E-state index in [1.165, 1.54) is 0 Å². The molecular weight excluding hydrogens is 304 g/mol. The lowest BCUT2D eigenvalue weighted by molar-refractivity contribution is -0.143. The van der Waals surface area contributed by atoms with Crippen molar-refractivity contribution in [2.45, 2.75) is 38.6 Å². The number of allylic oxidation sites excluding steroid dienone is 2. The number of oxime groups is 1. The van der Waals surface area contributed by atoms with E-state index in [1.54, 1.807) is 6.21 Å². The molecule has 0 aromatic heterocycles. The predicted octanol–water partition coefficient (Wildman–Crippen LogP) is 3.33. The first kappa shape index (κ1) is 18.2. The highest BCUT2D eigenvalue weighted by Gasteiger charge is 2.30. The van der Waals surface area contributed by atoms with E-state index in [2.05, 4.69) is 23.5 Å². The van der Waals surface area contributed by atoms with Crippen molar-refractivity contribution in [3.8, 4) is 0 Å². The van der Waals surface area contributed by atoms with Crippen LogP contribution in [0, 0.1) is 5.92 Å². The maximum Gasteiger partial charge on any atom is 0.308 e. The van der Waals surface area contributed by atoms with E-state index in [9.17, 15) is 9.90 Å². The third-order valence-electron chi connectivity index (χ3n) is 4.22. The number of carbonyl (C=O) groups is 1. The van der Waals surface area contributed by atoms with E-state index in [4.69, 9.17) is 4.84 Å². The molecule has 1 aromatic rings. The van der Waals surface area contributed by atoms with Crippen LogP contribution in [0.2, 0.25) is 0 Å². The summed E-state index contributed by atoms with van der Waals surface area (Å²) in [7, 11) is 0. The second-order valence-corrected chi connectivity index (χ2v) is 5.94. The van der Waals surface area contributed by atoms with Crippen LogP contribution in [0.5, 0.6) is 0 Å². The van der Waals surface area contributed by atoms with Gasteiger partial charge in [0, 0.05) is 12.5 Å². The lowest BCUT2D eigenvalue weighted by atomic mass is 9.89. The smallest absolute Gasteiger partial charge is 0.308 e. The maximum atomic E-state index is 11.3. The fourth-order valence-electron chi connectivity index (χ4n) is 2.97. The van der Waals surface area contributed by atoms with Crippen molar-refractivity contribution in [1.82, 2.24) is 5.32 Å². The first-order valence-electron chi connectivity index (χ1n) is 8.59. The Hall–Kier alpha value is -2.14. The number of nitrogens with one attached hydrogen (secondary N) is 1. The molecule has 5 nitrogen and oxygen atoms in total. The molecule has 1 aliphatic rings. The number of aliphatic carboxylic acids is 1. The molecule has 2 atom stereocenters. The minimum absolute atomic E-state index is 0.0359. The summed E-state index contributed by atoms with van der Waals surface area (Å²) in [6.45, 7) is 3.36. The van der Waals surface area contributed by atoms with Crippen molar-refractivity contribution >= 4 is 17.8 Å². The summed E-state index contributed by atoms with van der Waals surface area (Å²) in [5, 5.41) is 16.6. The van der Waals surface area contributed by atoms with Crippen LogP contribution in [0.3, 0.4) is 0 Å². The van der Waals surface area contributed by atoms with E-state index in [-0.39, 0.29) is 12.0 Å². The van der Waals surface area contributed by atoms with Crippen molar-refractivity contribution in [2.75, 3.05) is 13.2 Å². The van der Waals surface area contributed by atoms with E-state index in [0.29, 0.717) is 13.0 Å². The van der Waals surface area contributed by atoms with E-state index in [0.717, 1.165) is 36.9 Å². The molecule has 5 heteroatoms. The van der Waals surface area contributed by atoms with Crippen LogP contribution >= 0.6 is 0 Å². The molecule has 2 rings (SSSR count). The average Bonchev–Trinajstić information content (AvgIpc) is 2.61. The van der Waals surface area contributed by atoms with Gasteiger partial charge in [0.05, 0.1) is 12.1 Å². The summed E-state index contributed by atoms with van der Waals surface area (Å²) in [5.41, 5.74) is 2.13. The zero-order chi connectivity index (χ0) is 17.2. The highest BCUT2D eigenvalue weighted by Crippen LogP contribution is 2.19. The van der Waals surface area contributed by atoms with E-state index >= 15 is 0 Å². The summed E-state index contributed by atoms with van der Waals surface area (Å²) in [5.74, 6) is -1.06. The topological polar surface area (TPSA) is 70.9 Å². The van der Waals surface area contributed by atoms with Crippen molar-refractivity contribution in [3.05, 3.63) is 42.0 Å². The van der Waals surface area contributed by atoms with Gasteiger partial charge in [-0.15, -0.1) is 0 Å². The quantitative estimate of drug-likeness (QED) is 0.436. The maximum absolute atomic E-state index is 11.3. The van der Waals surface area contributed by atoms with Gasteiger partial charge >= 0.3 is 5.97 Å². The molecule has 130 valence electrons. The van der Waals surface area contributed by atoms with Gasteiger partial charge in [0.15, 0.2) is 0 Å². The molecule has 1 fully saturated rings. The van der Waals surface area contributed by atoms with Gasteiger partial charge in [-0.2, -0.15) is 0 Å². The number of carboxylic acids is 1. The Bertz CT molecular complexity index is 569.